The Hall–Kier alpha value is -1.73. The van der Waals surface area contributed by atoms with E-state index in [2.05, 4.69) is 5.32 Å². The first-order valence-electron chi connectivity index (χ1n) is 6.41. The highest BCUT2D eigenvalue weighted by Gasteiger charge is 2.22. The van der Waals surface area contributed by atoms with Gasteiger partial charge in [-0.2, -0.15) is 0 Å². The molecule has 7 heteroatoms. The van der Waals surface area contributed by atoms with Gasteiger partial charge in [-0.3, -0.25) is 10.1 Å². The quantitative estimate of drug-likeness (QED) is 0.674. The number of nitrogens with one attached hydrogen (secondary N) is 1. The van der Waals surface area contributed by atoms with Gasteiger partial charge in [-0.15, -0.1) is 0 Å². The van der Waals surface area contributed by atoms with E-state index in [-0.39, 0.29) is 30.3 Å². The lowest BCUT2D eigenvalue weighted by Crippen LogP contribution is -2.45. The molecular weight excluding hydrogens is 267 g/mol. The van der Waals surface area contributed by atoms with Gasteiger partial charge in [0.2, 0.25) is 0 Å². The fourth-order valence-electron chi connectivity index (χ4n) is 2.06. The zero-order valence-electron chi connectivity index (χ0n) is 11.4. The number of nitrogens with zero attached hydrogens (tertiary/aromatic N) is 1. The van der Waals surface area contributed by atoms with Gasteiger partial charge < -0.3 is 14.8 Å². The van der Waals surface area contributed by atoms with Gasteiger partial charge in [0.1, 0.15) is 18.5 Å². The average Bonchev–Trinajstić information content (AvgIpc) is 2.39. The predicted octanol–water partition coefficient (Wildman–Crippen LogP) is 1.80. The molecule has 0 aliphatic carbocycles. The molecule has 0 aromatic heterocycles. The number of nitro benzene ring substituents is 1. The summed E-state index contributed by atoms with van der Waals surface area (Å²) in [6.45, 7) is 5.05. The van der Waals surface area contributed by atoms with Gasteiger partial charge in [0.15, 0.2) is 5.75 Å². The highest BCUT2D eigenvalue weighted by molar-refractivity contribution is 5.48. The third kappa shape index (κ3) is 3.43. The minimum absolute atomic E-state index is 0.0655. The Labute approximate surface area is 116 Å². The third-order valence-electron chi connectivity index (χ3n) is 3.09. The SMILES string of the molecule is Cc1cc(OCC2CNCC(C)O2)c([N+](=O)[O-])cc1F. The van der Waals surface area contributed by atoms with Crippen molar-refractivity contribution in [2.24, 2.45) is 0 Å². The van der Waals surface area contributed by atoms with Crippen LogP contribution in [-0.4, -0.2) is 36.8 Å². The van der Waals surface area contributed by atoms with Crippen LogP contribution in [0.3, 0.4) is 0 Å². The molecule has 1 N–H and O–H groups in total. The van der Waals surface area contributed by atoms with Crippen LogP contribution < -0.4 is 10.1 Å². The van der Waals surface area contributed by atoms with Gasteiger partial charge in [0, 0.05) is 13.1 Å². The largest absolute Gasteiger partial charge is 0.484 e. The normalized spacial score (nSPS) is 22.6. The number of aryl methyl sites for hydroxylation is 1. The lowest BCUT2D eigenvalue weighted by molar-refractivity contribution is -0.386. The maximum atomic E-state index is 13.4. The summed E-state index contributed by atoms with van der Waals surface area (Å²) in [6.07, 6.45) is -0.106. The summed E-state index contributed by atoms with van der Waals surface area (Å²) in [4.78, 5) is 10.3. The van der Waals surface area contributed by atoms with Crippen molar-refractivity contribution in [2.75, 3.05) is 19.7 Å². The van der Waals surface area contributed by atoms with Crippen LogP contribution in [0.15, 0.2) is 12.1 Å². The molecule has 2 rings (SSSR count). The van der Waals surface area contributed by atoms with Gasteiger partial charge in [-0.25, -0.2) is 4.39 Å². The lowest BCUT2D eigenvalue weighted by Gasteiger charge is -2.28. The second-order valence-electron chi connectivity index (χ2n) is 4.86. The second-order valence-corrected chi connectivity index (χ2v) is 4.86. The second kappa shape index (κ2) is 6.15. The van der Waals surface area contributed by atoms with E-state index in [1.54, 1.807) is 0 Å². The van der Waals surface area contributed by atoms with Crippen LogP contribution >= 0.6 is 0 Å². The number of rotatable bonds is 4. The smallest absolute Gasteiger partial charge is 0.313 e. The summed E-state index contributed by atoms with van der Waals surface area (Å²) < 4.78 is 24.5. The van der Waals surface area contributed by atoms with E-state index in [9.17, 15) is 14.5 Å². The number of hydrogen-bond donors (Lipinski definition) is 1. The van der Waals surface area contributed by atoms with Crippen molar-refractivity contribution in [2.45, 2.75) is 26.1 Å². The van der Waals surface area contributed by atoms with E-state index in [1.807, 2.05) is 6.92 Å². The highest BCUT2D eigenvalue weighted by Crippen LogP contribution is 2.30. The molecule has 20 heavy (non-hydrogen) atoms. The molecule has 0 bridgehead atoms. The lowest BCUT2D eigenvalue weighted by atomic mass is 10.2. The molecule has 0 saturated carbocycles. The number of benzene rings is 1. The first-order valence-corrected chi connectivity index (χ1v) is 6.41. The number of morpholine rings is 1. The van der Waals surface area contributed by atoms with Crippen molar-refractivity contribution in [3.8, 4) is 5.75 Å². The summed E-state index contributed by atoms with van der Waals surface area (Å²) in [5.41, 5.74) is -0.0634. The van der Waals surface area contributed by atoms with Crippen molar-refractivity contribution >= 4 is 5.69 Å². The van der Waals surface area contributed by atoms with Gasteiger partial charge in [-0.05, 0) is 25.5 Å². The van der Waals surface area contributed by atoms with Gasteiger partial charge in [0.25, 0.3) is 0 Å². The number of ether oxygens (including phenoxy) is 2. The molecule has 1 heterocycles. The fraction of sp³-hybridized carbons (Fsp3) is 0.538. The van der Waals surface area contributed by atoms with E-state index >= 15 is 0 Å². The zero-order valence-corrected chi connectivity index (χ0v) is 11.4. The zero-order chi connectivity index (χ0) is 14.7. The van der Waals surface area contributed by atoms with Crippen LogP contribution in [0.5, 0.6) is 5.75 Å². The van der Waals surface area contributed by atoms with E-state index in [0.29, 0.717) is 12.1 Å². The standard InChI is InChI=1S/C13H17FN2O4/c1-8-3-13(12(16(17)18)4-11(8)14)19-7-10-6-15-5-9(2)20-10/h3-4,9-10,15H,5-7H2,1-2H3. The molecule has 2 unspecified atom stereocenters. The Bertz CT molecular complexity index is 509. The molecule has 110 valence electrons. The fourth-order valence-corrected chi connectivity index (χ4v) is 2.06. The Kier molecular flexibility index (Phi) is 4.51. The van der Waals surface area contributed by atoms with Crippen molar-refractivity contribution in [3.63, 3.8) is 0 Å². The predicted molar refractivity (Wildman–Crippen MR) is 70.5 cm³/mol. The third-order valence-corrected chi connectivity index (χ3v) is 3.09. The highest BCUT2D eigenvalue weighted by atomic mass is 19.1. The van der Waals surface area contributed by atoms with Crippen molar-refractivity contribution in [3.05, 3.63) is 33.6 Å². The van der Waals surface area contributed by atoms with Crippen LogP contribution in [0.2, 0.25) is 0 Å². The molecule has 1 aliphatic heterocycles. The summed E-state index contributed by atoms with van der Waals surface area (Å²) in [5, 5.41) is 14.1. The Morgan fingerprint density at radius 3 is 2.95 bits per heavy atom. The van der Waals surface area contributed by atoms with Gasteiger partial charge >= 0.3 is 5.69 Å². The van der Waals surface area contributed by atoms with Crippen LogP contribution in [0.1, 0.15) is 12.5 Å². The Morgan fingerprint density at radius 1 is 1.55 bits per heavy atom. The maximum Gasteiger partial charge on any atom is 0.313 e. The molecule has 1 fully saturated rings. The van der Waals surface area contributed by atoms with Gasteiger partial charge in [-0.1, -0.05) is 0 Å². The molecule has 1 saturated heterocycles. The molecule has 0 radical (unpaired) electrons. The monoisotopic (exact) mass is 284 g/mol. The molecule has 6 nitrogen and oxygen atoms in total. The number of hydrogen-bond acceptors (Lipinski definition) is 5. The van der Waals surface area contributed by atoms with E-state index in [0.717, 1.165) is 12.6 Å². The summed E-state index contributed by atoms with van der Waals surface area (Å²) in [7, 11) is 0. The van der Waals surface area contributed by atoms with Crippen LogP contribution in [-0.2, 0) is 4.74 Å². The summed E-state index contributed by atoms with van der Waals surface area (Å²) >= 11 is 0. The van der Waals surface area contributed by atoms with Crippen LogP contribution in [0.4, 0.5) is 10.1 Å². The minimum atomic E-state index is -0.652. The molecular formula is C13H17FN2O4. The van der Waals surface area contributed by atoms with E-state index in [4.69, 9.17) is 9.47 Å². The molecule has 1 aliphatic rings. The van der Waals surface area contributed by atoms with Crippen molar-refractivity contribution < 1.29 is 18.8 Å². The Balaban J connectivity index is 2.08. The van der Waals surface area contributed by atoms with Crippen LogP contribution in [0.25, 0.3) is 0 Å². The first kappa shape index (κ1) is 14.7. The van der Waals surface area contributed by atoms with Crippen molar-refractivity contribution in [1.82, 2.24) is 5.32 Å². The van der Waals surface area contributed by atoms with Crippen LogP contribution in [0, 0.1) is 22.9 Å². The van der Waals surface area contributed by atoms with Crippen molar-refractivity contribution in [1.29, 1.82) is 0 Å². The van der Waals surface area contributed by atoms with E-state index < -0.39 is 10.7 Å². The van der Waals surface area contributed by atoms with Gasteiger partial charge in [0.05, 0.1) is 17.1 Å². The number of halogens is 1. The summed E-state index contributed by atoms with van der Waals surface area (Å²) in [5.74, 6) is -0.552. The first-order chi connectivity index (χ1) is 9.47. The summed E-state index contributed by atoms with van der Waals surface area (Å²) in [6, 6.07) is 2.22. The molecule has 2 atom stereocenters. The minimum Gasteiger partial charge on any atom is -0.484 e. The molecule has 1 aromatic rings. The average molecular weight is 284 g/mol. The van der Waals surface area contributed by atoms with E-state index in [1.165, 1.54) is 13.0 Å². The molecule has 0 amide bonds. The molecule has 1 aromatic carbocycles. The topological polar surface area (TPSA) is 73.6 Å². The Morgan fingerprint density at radius 2 is 2.30 bits per heavy atom. The molecule has 0 spiro atoms. The maximum absolute atomic E-state index is 13.4. The number of nitro groups is 1.